The summed E-state index contributed by atoms with van der Waals surface area (Å²) >= 11 is 0. The molecule has 0 spiro atoms. The Bertz CT molecular complexity index is 2220. The number of pyridine rings is 2. The summed E-state index contributed by atoms with van der Waals surface area (Å²) in [5.74, 6) is 2.24. The van der Waals surface area contributed by atoms with Gasteiger partial charge in [-0.1, -0.05) is 71.9 Å². The third-order valence-electron chi connectivity index (χ3n) is 8.19. The van der Waals surface area contributed by atoms with Gasteiger partial charge in [-0.15, -0.1) is 0 Å². The highest BCUT2D eigenvalue weighted by Gasteiger charge is 2.28. The Labute approximate surface area is 239 Å². The van der Waals surface area contributed by atoms with Crippen LogP contribution in [-0.2, 0) is 17.9 Å². The SMILES string of the molecule is [C-]#[N+]c1cccc2c3ccc(C)c4c3n(c3cc(-c5nc(C(C)(C)C)nc(C(C)(C)C)n5)cc5cc[n+](C)c4c53)c12. The number of aromatic nitrogens is 5. The number of nitrogens with zero attached hydrogens (tertiary/aromatic N) is 6. The number of aryl methyl sites for hydroxylation is 2. The van der Waals surface area contributed by atoms with E-state index in [-0.39, 0.29) is 10.8 Å². The molecule has 0 saturated heterocycles. The van der Waals surface area contributed by atoms with Crippen molar-refractivity contribution in [1.29, 1.82) is 0 Å². The normalized spacial score (nSPS) is 12.9. The molecule has 0 atom stereocenters. The van der Waals surface area contributed by atoms with E-state index < -0.39 is 0 Å². The predicted octanol–water partition coefficient (Wildman–Crippen LogP) is 8.12. The number of hydrogen-bond donors (Lipinski definition) is 0. The van der Waals surface area contributed by atoms with Gasteiger partial charge in [-0.3, -0.25) is 0 Å². The lowest BCUT2D eigenvalue weighted by molar-refractivity contribution is -0.643. The molecule has 7 rings (SSSR count). The van der Waals surface area contributed by atoms with Crippen LogP contribution in [0.25, 0.3) is 65.2 Å². The summed E-state index contributed by atoms with van der Waals surface area (Å²) in [7, 11) is 2.12. The molecule has 7 aromatic rings. The average Bonchev–Trinajstić information content (AvgIpc) is 3.27. The molecule has 0 amide bonds. The quantitative estimate of drug-likeness (QED) is 0.0920. The summed E-state index contributed by atoms with van der Waals surface area (Å²) < 4.78 is 4.54. The first-order valence-corrected chi connectivity index (χ1v) is 14.1. The summed E-state index contributed by atoms with van der Waals surface area (Å²) in [5.41, 5.74) is 6.67. The molecule has 3 aromatic carbocycles. The number of benzene rings is 3. The van der Waals surface area contributed by atoms with Gasteiger partial charge in [0.1, 0.15) is 18.7 Å². The van der Waals surface area contributed by atoms with Crippen LogP contribution in [0.4, 0.5) is 5.69 Å². The second-order valence-corrected chi connectivity index (χ2v) is 13.3. The number of para-hydroxylation sites is 1. The maximum Gasteiger partial charge on any atom is 0.224 e. The molecular weight excluding hydrogens is 504 g/mol. The summed E-state index contributed by atoms with van der Waals surface area (Å²) in [4.78, 5) is 18.9. The van der Waals surface area contributed by atoms with Crippen LogP contribution < -0.4 is 4.57 Å². The summed E-state index contributed by atoms with van der Waals surface area (Å²) in [6, 6.07) is 17.0. The van der Waals surface area contributed by atoms with Gasteiger partial charge in [-0.25, -0.2) is 24.4 Å². The average molecular weight is 538 g/mol. The number of fused-ring (bicyclic) bond motifs is 5. The standard InChI is InChI=1S/C35H33N6/c1-19-13-14-23-22-11-10-12-24(36-8)28(22)41-25-18-21(17-20-15-16-40(9)30(27(20)25)26(19)29(23)41)31-37-32(34(2,3)4)39-33(38-31)35(5,6)7/h10-18H,1-7,9H3/q+1. The van der Waals surface area contributed by atoms with E-state index >= 15 is 0 Å². The highest BCUT2D eigenvalue weighted by atomic mass is 15.1. The molecule has 0 aliphatic carbocycles. The van der Waals surface area contributed by atoms with Crippen LogP contribution in [0.2, 0.25) is 0 Å². The fraction of sp³-hybridized carbons (Fsp3) is 0.286. The molecule has 0 bridgehead atoms. The molecule has 6 nitrogen and oxygen atoms in total. The van der Waals surface area contributed by atoms with Gasteiger partial charge >= 0.3 is 0 Å². The minimum atomic E-state index is -0.229. The van der Waals surface area contributed by atoms with Crippen molar-refractivity contribution in [2.24, 2.45) is 7.05 Å². The number of hydrogen-bond acceptors (Lipinski definition) is 3. The Morgan fingerprint density at radius 1 is 0.805 bits per heavy atom. The second-order valence-electron chi connectivity index (χ2n) is 13.3. The maximum atomic E-state index is 8.03. The van der Waals surface area contributed by atoms with E-state index in [0.29, 0.717) is 11.5 Å². The predicted molar refractivity (Wildman–Crippen MR) is 167 cm³/mol. The molecule has 6 heteroatoms. The molecule has 0 N–H and O–H groups in total. The Kier molecular flexibility index (Phi) is 5.07. The smallest absolute Gasteiger partial charge is 0.224 e. The van der Waals surface area contributed by atoms with Crippen LogP contribution in [0.1, 0.15) is 58.8 Å². The van der Waals surface area contributed by atoms with Crippen molar-refractivity contribution in [3.05, 3.63) is 83.4 Å². The first kappa shape index (κ1) is 25.3. The molecule has 0 radical (unpaired) electrons. The fourth-order valence-electron chi connectivity index (χ4n) is 6.13. The minimum absolute atomic E-state index is 0.229. The second kappa shape index (κ2) is 8.20. The molecule has 0 aliphatic heterocycles. The summed E-state index contributed by atoms with van der Waals surface area (Å²) in [6.07, 6.45) is 2.14. The van der Waals surface area contributed by atoms with E-state index in [2.05, 4.69) is 112 Å². The monoisotopic (exact) mass is 537 g/mol. The Hall–Kier alpha value is -4.63. The molecule has 0 unspecified atom stereocenters. The van der Waals surface area contributed by atoms with Gasteiger partial charge in [0.05, 0.1) is 33.9 Å². The van der Waals surface area contributed by atoms with Crippen LogP contribution >= 0.6 is 0 Å². The van der Waals surface area contributed by atoms with Gasteiger partial charge < -0.3 is 4.40 Å². The van der Waals surface area contributed by atoms with Gasteiger partial charge in [0.25, 0.3) is 0 Å². The van der Waals surface area contributed by atoms with E-state index in [4.69, 9.17) is 21.5 Å². The van der Waals surface area contributed by atoms with Gasteiger partial charge in [-0.05, 0) is 35.4 Å². The Morgan fingerprint density at radius 3 is 2.15 bits per heavy atom. The largest absolute Gasteiger partial charge is 0.317 e. The van der Waals surface area contributed by atoms with Crippen molar-refractivity contribution >= 4 is 54.7 Å². The van der Waals surface area contributed by atoms with Gasteiger partial charge in [-0.2, -0.15) is 0 Å². The zero-order valence-corrected chi connectivity index (χ0v) is 24.9. The third-order valence-corrected chi connectivity index (χ3v) is 8.19. The van der Waals surface area contributed by atoms with Crippen LogP contribution in [0.5, 0.6) is 0 Å². The molecule has 0 fully saturated rings. The fourth-order valence-corrected chi connectivity index (χ4v) is 6.13. The van der Waals surface area contributed by atoms with E-state index in [1.54, 1.807) is 0 Å². The van der Waals surface area contributed by atoms with Crippen LogP contribution in [-0.4, -0.2) is 19.4 Å². The van der Waals surface area contributed by atoms with E-state index in [1.807, 2.05) is 12.1 Å². The van der Waals surface area contributed by atoms with E-state index in [0.717, 1.165) is 49.9 Å². The first-order chi connectivity index (χ1) is 19.4. The topological polar surface area (TPSA) is 51.3 Å². The van der Waals surface area contributed by atoms with E-state index in [9.17, 15) is 0 Å². The van der Waals surface area contributed by atoms with Crippen molar-refractivity contribution in [3.63, 3.8) is 0 Å². The molecule has 4 aromatic heterocycles. The molecular formula is C35H33N6+. The molecule has 0 aliphatic rings. The van der Waals surface area contributed by atoms with E-state index in [1.165, 1.54) is 21.9 Å². The lowest BCUT2D eigenvalue weighted by atomic mass is 9.92. The Balaban J connectivity index is 1.73. The first-order valence-electron chi connectivity index (χ1n) is 14.1. The summed E-state index contributed by atoms with van der Waals surface area (Å²) in [5, 5.41) is 5.75. The van der Waals surface area contributed by atoms with Gasteiger partial charge in [0.15, 0.2) is 12.0 Å². The minimum Gasteiger partial charge on any atom is -0.317 e. The van der Waals surface area contributed by atoms with Gasteiger partial charge in [0.2, 0.25) is 11.2 Å². The molecule has 4 heterocycles. The van der Waals surface area contributed by atoms with Gasteiger partial charge in [0, 0.05) is 27.8 Å². The summed E-state index contributed by atoms with van der Waals surface area (Å²) in [6.45, 7) is 23.1. The van der Waals surface area contributed by atoms with Crippen molar-refractivity contribution in [2.75, 3.05) is 0 Å². The molecule has 202 valence electrons. The van der Waals surface area contributed by atoms with Crippen LogP contribution in [0.15, 0.2) is 54.7 Å². The van der Waals surface area contributed by atoms with Crippen molar-refractivity contribution in [3.8, 4) is 11.4 Å². The lowest BCUT2D eigenvalue weighted by Crippen LogP contribution is -2.29. The van der Waals surface area contributed by atoms with Crippen LogP contribution in [0.3, 0.4) is 0 Å². The third kappa shape index (κ3) is 3.55. The molecule has 0 saturated carbocycles. The zero-order chi connectivity index (χ0) is 29.0. The van der Waals surface area contributed by atoms with Crippen molar-refractivity contribution < 1.29 is 4.57 Å². The molecule has 41 heavy (non-hydrogen) atoms. The lowest BCUT2D eigenvalue weighted by Gasteiger charge is -2.23. The van der Waals surface area contributed by atoms with Crippen molar-refractivity contribution in [2.45, 2.75) is 59.3 Å². The highest BCUT2D eigenvalue weighted by molar-refractivity contribution is 6.27. The number of rotatable bonds is 1. The Morgan fingerprint density at radius 2 is 1.49 bits per heavy atom. The highest BCUT2D eigenvalue weighted by Crippen LogP contribution is 2.44. The zero-order valence-electron chi connectivity index (χ0n) is 24.9. The maximum absolute atomic E-state index is 8.03. The van der Waals surface area contributed by atoms with Crippen LogP contribution in [0, 0.1) is 13.5 Å². The van der Waals surface area contributed by atoms with Crippen molar-refractivity contribution in [1.82, 2.24) is 19.4 Å².